The molecule has 100 valence electrons. The van der Waals surface area contributed by atoms with Crippen molar-refractivity contribution in [3.63, 3.8) is 0 Å². The number of rotatable bonds is 7. The number of nitrogens with one attached hydrogen (secondary N) is 1. The lowest BCUT2D eigenvalue weighted by molar-refractivity contribution is -0.385. The van der Waals surface area contributed by atoms with E-state index in [1.807, 2.05) is 6.07 Å². The smallest absolute Gasteiger partial charge is 0.290 e. The third kappa shape index (κ3) is 4.07. The van der Waals surface area contributed by atoms with E-state index >= 15 is 0 Å². The summed E-state index contributed by atoms with van der Waals surface area (Å²) in [5.74, 6) is 0. The van der Waals surface area contributed by atoms with Crippen molar-refractivity contribution in [2.45, 2.75) is 46.1 Å². The molecule has 5 nitrogen and oxygen atoms in total. The van der Waals surface area contributed by atoms with Gasteiger partial charge in [-0.05, 0) is 32.4 Å². The summed E-state index contributed by atoms with van der Waals surface area (Å²) in [6.07, 6.45) is 4.30. The molecule has 0 saturated heterocycles. The molecule has 1 N–H and O–H groups in total. The Kier molecular flexibility index (Phi) is 5.71. The first-order valence-electron chi connectivity index (χ1n) is 6.41. The monoisotopic (exact) mass is 251 g/mol. The maximum Gasteiger partial charge on any atom is 0.290 e. The van der Waals surface area contributed by atoms with Crippen LogP contribution in [-0.2, 0) is 6.42 Å². The lowest BCUT2D eigenvalue weighted by Gasteiger charge is -2.16. The van der Waals surface area contributed by atoms with Crippen LogP contribution < -0.4 is 5.32 Å². The number of aryl methyl sites for hydroxylation is 1. The van der Waals surface area contributed by atoms with Gasteiger partial charge in [0.15, 0.2) is 0 Å². The van der Waals surface area contributed by atoms with Gasteiger partial charge >= 0.3 is 0 Å². The van der Waals surface area contributed by atoms with Crippen LogP contribution in [-0.4, -0.2) is 22.5 Å². The number of nitrogens with zero attached hydrogens (tertiary/aromatic N) is 2. The number of nitro groups is 1. The highest BCUT2D eigenvalue weighted by molar-refractivity contribution is 5.37. The fraction of sp³-hybridized carbons (Fsp3) is 0.615. The topological polar surface area (TPSA) is 68.1 Å². The predicted molar refractivity (Wildman–Crippen MR) is 71.7 cm³/mol. The fourth-order valence-corrected chi connectivity index (χ4v) is 1.87. The van der Waals surface area contributed by atoms with Crippen molar-refractivity contribution < 1.29 is 4.92 Å². The van der Waals surface area contributed by atoms with Gasteiger partial charge in [-0.3, -0.25) is 15.1 Å². The highest BCUT2D eigenvalue weighted by Gasteiger charge is 2.13. The van der Waals surface area contributed by atoms with Gasteiger partial charge in [0.25, 0.3) is 5.69 Å². The summed E-state index contributed by atoms with van der Waals surface area (Å²) < 4.78 is 0. The van der Waals surface area contributed by atoms with Gasteiger partial charge < -0.3 is 5.32 Å². The van der Waals surface area contributed by atoms with Crippen LogP contribution in [0, 0.1) is 17.0 Å². The van der Waals surface area contributed by atoms with Gasteiger partial charge in [0, 0.05) is 23.7 Å². The molecule has 0 bridgehead atoms. The van der Waals surface area contributed by atoms with Gasteiger partial charge in [-0.25, -0.2) is 0 Å². The first-order chi connectivity index (χ1) is 8.58. The largest absolute Gasteiger partial charge is 0.314 e. The van der Waals surface area contributed by atoms with Crippen LogP contribution in [0.3, 0.4) is 0 Å². The molecule has 0 aliphatic carbocycles. The quantitative estimate of drug-likeness (QED) is 0.597. The standard InChI is InChI=1S/C13H21N3O2/c1-4-6-14-11(5-2)8-12-7-10(3)13(9-15-12)16(17)18/h7,9,11,14H,4-6,8H2,1-3H3. The van der Waals surface area contributed by atoms with Gasteiger partial charge in [-0.15, -0.1) is 0 Å². The van der Waals surface area contributed by atoms with E-state index in [-0.39, 0.29) is 5.69 Å². The third-order valence-electron chi connectivity index (χ3n) is 2.97. The summed E-state index contributed by atoms with van der Waals surface area (Å²) in [4.78, 5) is 14.5. The molecule has 5 heteroatoms. The minimum Gasteiger partial charge on any atom is -0.314 e. The van der Waals surface area contributed by atoms with Gasteiger partial charge in [0.05, 0.1) is 4.92 Å². The van der Waals surface area contributed by atoms with Crippen LogP contribution in [0.5, 0.6) is 0 Å². The van der Waals surface area contributed by atoms with Crippen molar-refractivity contribution >= 4 is 5.69 Å². The van der Waals surface area contributed by atoms with Gasteiger partial charge in [-0.2, -0.15) is 0 Å². The zero-order valence-corrected chi connectivity index (χ0v) is 11.3. The highest BCUT2D eigenvalue weighted by atomic mass is 16.6. The summed E-state index contributed by atoms with van der Waals surface area (Å²) in [5.41, 5.74) is 1.68. The van der Waals surface area contributed by atoms with Crippen molar-refractivity contribution in [1.29, 1.82) is 0 Å². The van der Waals surface area contributed by atoms with E-state index in [0.29, 0.717) is 11.6 Å². The van der Waals surface area contributed by atoms with Crippen molar-refractivity contribution in [1.82, 2.24) is 10.3 Å². The SMILES string of the molecule is CCCNC(CC)Cc1cc(C)c([N+](=O)[O-])cn1. The Morgan fingerprint density at radius 2 is 2.22 bits per heavy atom. The average molecular weight is 251 g/mol. The lowest BCUT2D eigenvalue weighted by atomic mass is 10.1. The first kappa shape index (κ1) is 14.6. The molecule has 0 radical (unpaired) electrons. The van der Waals surface area contributed by atoms with Crippen LogP contribution >= 0.6 is 0 Å². The summed E-state index contributed by atoms with van der Waals surface area (Å²) in [5, 5.41) is 14.2. The molecule has 1 aromatic heterocycles. The Labute approximate surface area is 108 Å². The summed E-state index contributed by atoms with van der Waals surface area (Å²) in [6, 6.07) is 2.20. The van der Waals surface area contributed by atoms with E-state index in [0.717, 1.165) is 31.5 Å². The number of pyridine rings is 1. The van der Waals surface area contributed by atoms with E-state index in [1.54, 1.807) is 6.92 Å². The minimum atomic E-state index is -0.390. The molecule has 0 saturated carbocycles. The first-order valence-corrected chi connectivity index (χ1v) is 6.41. The van der Waals surface area contributed by atoms with E-state index in [2.05, 4.69) is 24.1 Å². The van der Waals surface area contributed by atoms with Gasteiger partial charge in [-0.1, -0.05) is 13.8 Å². The molecular formula is C13H21N3O2. The molecule has 0 amide bonds. The van der Waals surface area contributed by atoms with Gasteiger partial charge in [0.1, 0.15) is 6.20 Å². The maximum atomic E-state index is 10.7. The average Bonchev–Trinajstić information content (AvgIpc) is 2.34. The molecule has 0 fully saturated rings. The zero-order chi connectivity index (χ0) is 13.5. The van der Waals surface area contributed by atoms with Gasteiger partial charge in [0.2, 0.25) is 0 Å². The maximum absolute atomic E-state index is 10.7. The second-order valence-electron chi connectivity index (χ2n) is 4.48. The molecular weight excluding hydrogens is 230 g/mol. The number of hydrogen-bond acceptors (Lipinski definition) is 4. The van der Waals surface area contributed by atoms with Crippen molar-refractivity contribution in [2.24, 2.45) is 0 Å². The summed E-state index contributed by atoms with van der Waals surface area (Å²) in [6.45, 7) is 7.01. The fourth-order valence-electron chi connectivity index (χ4n) is 1.87. The molecule has 1 heterocycles. The Hall–Kier alpha value is -1.49. The molecule has 1 unspecified atom stereocenters. The van der Waals surface area contributed by atoms with Crippen molar-refractivity contribution in [3.8, 4) is 0 Å². The van der Waals surface area contributed by atoms with Crippen LogP contribution in [0.2, 0.25) is 0 Å². The molecule has 0 spiro atoms. The normalized spacial score (nSPS) is 12.4. The summed E-state index contributed by atoms with van der Waals surface area (Å²) >= 11 is 0. The molecule has 0 aliphatic heterocycles. The van der Waals surface area contributed by atoms with Crippen molar-refractivity contribution in [2.75, 3.05) is 6.54 Å². The Balaban J connectivity index is 2.72. The molecule has 1 aromatic rings. The van der Waals surface area contributed by atoms with E-state index in [1.165, 1.54) is 6.20 Å². The Bertz CT molecular complexity index is 407. The zero-order valence-electron chi connectivity index (χ0n) is 11.3. The van der Waals surface area contributed by atoms with Crippen molar-refractivity contribution in [3.05, 3.63) is 33.6 Å². The minimum absolute atomic E-state index is 0.0910. The van der Waals surface area contributed by atoms with E-state index < -0.39 is 4.92 Å². The highest BCUT2D eigenvalue weighted by Crippen LogP contribution is 2.17. The Morgan fingerprint density at radius 1 is 1.50 bits per heavy atom. The summed E-state index contributed by atoms with van der Waals surface area (Å²) in [7, 11) is 0. The van der Waals surface area contributed by atoms with Crippen LogP contribution in [0.1, 0.15) is 37.9 Å². The van der Waals surface area contributed by atoms with Crippen LogP contribution in [0.4, 0.5) is 5.69 Å². The molecule has 1 atom stereocenters. The molecule has 1 rings (SSSR count). The van der Waals surface area contributed by atoms with E-state index in [4.69, 9.17) is 0 Å². The second-order valence-corrected chi connectivity index (χ2v) is 4.48. The predicted octanol–water partition coefficient (Wildman–Crippen LogP) is 2.62. The molecule has 18 heavy (non-hydrogen) atoms. The number of hydrogen-bond donors (Lipinski definition) is 1. The molecule has 0 aliphatic rings. The van der Waals surface area contributed by atoms with E-state index in [9.17, 15) is 10.1 Å². The second kappa shape index (κ2) is 7.06. The van der Waals surface area contributed by atoms with Crippen LogP contribution in [0.15, 0.2) is 12.3 Å². The third-order valence-corrected chi connectivity index (χ3v) is 2.97. The number of aromatic nitrogens is 1. The lowest BCUT2D eigenvalue weighted by Crippen LogP contribution is -2.31. The molecule has 0 aromatic carbocycles. The van der Waals surface area contributed by atoms with Crippen LogP contribution in [0.25, 0.3) is 0 Å². The Morgan fingerprint density at radius 3 is 2.72 bits per heavy atom.